The maximum atomic E-state index is 12.8. The monoisotopic (exact) mass is 421 g/mol. The zero-order valence-electron chi connectivity index (χ0n) is 17.6. The Hall–Kier alpha value is -3.54. The van der Waals surface area contributed by atoms with E-state index in [1.54, 1.807) is 12.3 Å². The zero-order valence-corrected chi connectivity index (χ0v) is 17.6. The van der Waals surface area contributed by atoms with Crippen LogP contribution in [0.4, 0.5) is 0 Å². The molecule has 1 heterocycles. The Kier molecular flexibility index (Phi) is 8.29. The van der Waals surface area contributed by atoms with Crippen molar-refractivity contribution in [3.8, 4) is 5.75 Å². The molecule has 0 fully saturated rings. The van der Waals surface area contributed by atoms with Crippen molar-refractivity contribution in [1.29, 1.82) is 0 Å². The van der Waals surface area contributed by atoms with Crippen molar-refractivity contribution < 1.29 is 23.5 Å². The molecule has 0 aliphatic rings. The molecule has 1 amide bonds. The molecule has 31 heavy (non-hydrogen) atoms. The third kappa shape index (κ3) is 6.74. The fourth-order valence-electron chi connectivity index (χ4n) is 3.18. The highest BCUT2D eigenvalue weighted by Crippen LogP contribution is 2.25. The van der Waals surface area contributed by atoms with Crippen LogP contribution in [0.3, 0.4) is 0 Å². The number of benzene rings is 2. The highest BCUT2D eigenvalue weighted by atomic mass is 16.5. The second-order valence-corrected chi connectivity index (χ2v) is 7.08. The molecule has 0 atom stereocenters. The minimum Gasteiger partial charge on any atom is -0.488 e. The molecule has 1 N–H and O–H groups in total. The Morgan fingerprint density at radius 3 is 2.68 bits per heavy atom. The third-order valence-electron chi connectivity index (χ3n) is 4.88. The van der Waals surface area contributed by atoms with Crippen molar-refractivity contribution in [2.75, 3.05) is 13.7 Å². The number of hydrogen-bond donors (Lipinski definition) is 1. The summed E-state index contributed by atoms with van der Waals surface area (Å²) in [6, 6.07) is 17.4. The Bertz CT molecular complexity index is 1020. The molecule has 0 saturated heterocycles. The average molecular weight is 421 g/mol. The number of allylic oxidation sites excluding steroid dienone is 1. The quantitative estimate of drug-likeness (QED) is 0.274. The van der Waals surface area contributed by atoms with Crippen LogP contribution in [0, 0.1) is 0 Å². The predicted molar refractivity (Wildman–Crippen MR) is 119 cm³/mol. The van der Waals surface area contributed by atoms with Gasteiger partial charge in [0.05, 0.1) is 25.5 Å². The van der Waals surface area contributed by atoms with Gasteiger partial charge >= 0.3 is 5.97 Å². The van der Waals surface area contributed by atoms with E-state index in [1.165, 1.54) is 7.11 Å². The molecule has 2 aromatic carbocycles. The lowest BCUT2D eigenvalue weighted by Gasteiger charge is -2.12. The molecule has 0 spiro atoms. The van der Waals surface area contributed by atoms with Gasteiger partial charge in [0.1, 0.15) is 18.1 Å². The topological polar surface area (TPSA) is 77.8 Å². The minimum absolute atomic E-state index is 0.148. The number of fused-ring (bicyclic) bond motifs is 1. The molecule has 6 nitrogen and oxygen atoms in total. The van der Waals surface area contributed by atoms with E-state index in [1.807, 2.05) is 54.6 Å². The number of rotatable bonds is 11. The van der Waals surface area contributed by atoms with Crippen LogP contribution in [0.1, 0.15) is 31.4 Å². The van der Waals surface area contributed by atoms with E-state index in [0.29, 0.717) is 37.1 Å². The Balaban J connectivity index is 1.64. The first-order chi connectivity index (χ1) is 15.2. The maximum absolute atomic E-state index is 12.8. The van der Waals surface area contributed by atoms with Crippen LogP contribution in [-0.4, -0.2) is 25.6 Å². The number of esters is 1. The SMILES string of the molecule is COC(=O)CCCCC=C(COc1cccc2ccccc12)C(=O)NCc1ccco1. The van der Waals surface area contributed by atoms with Crippen LogP contribution in [0.25, 0.3) is 10.8 Å². The lowest BCUT2D eigenvalue weighted by atomic mass is 10.1. The van der Waals surface area contributed by atoms with Crippen molar-refractivity contribution in [2.45, 2.75) is 32.2 Å². The van der Waals surface area contributed by atoms with Gasteiger partial charge in [0.25, 0.3) is 5.91 Å². The Morgan fingerprint density at radius 1 is 1.03 bits per heavy atom. The van der Waals surface area contributed by atoms with Gasteiger partial charge in [-0.15, -0.1) is 0 Å². The fraction of sp³-hybridized carbons (Fsp3) is 0.280. The van der Waals surface area contributed by atoms with Gasteiger partial charge in [-0.25, -0.2) is 0 Å². The second-order valence-electron chi connectivity index (χ2n) is 7.08. The third-order valence-corrected chi connectivity index (χ3v) is 4.88. The summed E-state index contributed by atoms with van der Waals surface area (Å²) >= 11 is 0. The van der Waals surface area contributed by atoms with Crippen LogP contribution in [0.2, 0.25) is 0 Å². The number of carbonyl (C=O) groups excluding carboxylic acids is 2. The van der Waals surface area contributed by atoms with Crippen molar-refractivity contribution in [2.24, 2.45) is 0 Å². The first kappa shape index (κ1) is 22.2. The van der Waals surface area contributed by atoms with Crippen LogP contribution < -0.4 is 10.1 Å². The van der Waals surface area contributed by atoms with Gasteiger partial charge in [-0.2, -0.15) is 0 Å². The summed E-state index contributed by atoms with van der Waals surface area (Å²) in [7, 11) is 1.38. The van der Waals surface area contributed by atoms with Crippen molar-refractivity contribution in [3.05, 3.63) is 78.3 Å². The van der Waals surface area contributed by atoms with Gasteiger partial charge in [0.15, 0.2) is 0 Å². The van der Waals surface area contributed by atoms with Gasteiger partial charge in [0, 0.05) is 11.8 Å². The largest absolute Gasteiger partial charge is 0.488 e. The summed E-state index contributed by atoms with van der Waals surface area (Å²) < 4.78 is 16.0. The number of carbonyl (C=O) groups is 2. The van der Waals surface area contributed by atoms with Gasteiger partial charge in [0.2, 0.25) is 0 Å². The Morgan fingerprint density at radius 2 is 1.87 bits per heavy atom. The molecule has 3 aromatic rings. The molecule has 0 radical (unpaired) electrons. The molecule has 1 aromatic heterocycles. The number of ether oxygens (including phenoxy) is 2. The highest BCUT2D eigenvalue weighted by molar-refractivity contribution is 5.94. The molecule has 0 unspecified atom stereocenters. The summed E-state index contributed by atoms with van der Waals surface area (Å²) in [5.41, 5.74) is 0.539. The lowest BCUT2D eigenvalue weighted by Crippen LogP contribution is -2.27. The van der Waals surface area contributed by atoms with Crippen LogP contribution in [0.5, 0.6) is 5.75 Å². The first-order valence-electron chi connectivity index (χ1n) is 10.3. The van der Waals surface area contributed by atoms with Crippen LogP contribution in [-0.2, 0) is 20.9 Å². The minimum atomic E-state index is -0.223. The molecular formula is C25H27NO5. The van der Waals surface area contributed by atoms with E-state index in [0.717, 1.165) is 22.9 Å². The van der Waals surface area contributed by atoms with Crippen LogP contribution >= 0.6 is 0 Å². The van der Waals surface area contributed by atoms with Crippen molar-refractivity contribution in [3.63, 3.8) is 0 Å². The number of furan rings is 1. The summed E-state index contributed by atoms with van der Waals surface area (Å²) in [5, 5.41) is 4.95. The first-order valence-corrected chi connectivity index (χ1v) is 10.3. The highest BCUT2D eigenvalue weighted by Gasteiger charge is 2.12. The number of amides is 1. The molecule has 6 heteroatoms. The molecule has 162 valence electrons. The number of nitrogens with one attached hydrogen (secondary N) is 1. The Labute approximate surface area is 181 Å². The van der Waals surface area contributed by atoms with E-state index in [2.05, 4.69) is 10.1 Å². The van der Waals surface area contributed by atoms with E-state index >= 15 is 0 Å². The zero-order chi connectivity index (χ0) is 21.9. The van der Waals surface area contributed by atoms with Crippen molar-refractivity contribution >= 4 is 22.6 Å². The molecule has 3 rings (SSSR count). The predicted octanol–water partition coefficient (Wildman–Crippen LogP) is 4.79. The summed E-state index contributed by atoms with van der Waals surface area (Å²) in [6.45, 7) is 0.453. The van der Waals surface area contributed by atoms with Gasteiger partial charge in [-0.3, -0.25) is 9.59 Å². The number of unbranched alkanes of at least 4 members (excludes halogenated alkanes) is 2. The van der Waals surface area contributed by atoms with E-state index in [-0.39, 0.29) is 18.5 Å². The molecule has 0 aliphatic heterocycles. The lowest BCUT2D eigenvalue weighted by molar-refractivity contribution is -0.140. The fourth-order valence-corrected chi connectivity index (χ4v) is 3.18. The number of methoxy groups -OCH3 is 1. The van der Waals surface area contributed by atoms with E-state index in [9.17, 15) is 9.59 Å². The molecule has 0 aliphatic carbocycles. The summed E-state index contributed by atoms with van der Waals surface area (Å²) in [4.78, 5) is 24.0. The molecule has 0 saturated carbocycles. The van der Waals surface area contributed by atoms with Crippen molar-refractivity contribution in [1.82, 2.24) is 5.32 Å². The van der Waals surface area contributed by atoms with Gasteiger partial charge in [-0.05, 0) is 42.8 Å². The smallest absolute Gasteiger partial charge is 0.305 e. The standard InChI is InChI=1S/C25H27NO5/c1-29-24(27)15-4-2-3-10-20(25(28)26-17-21-12-8-16-30-21)18-31-23-14-7-11-19-9-5-6-13-22(19)23/h5-14,16H,2-4,15,17-18H2,1H3,(H,26,28). The molecule has 0 bridgehead atoms. The maximum Gasteiger partial charge on any atom is 0.305 e. The second kappa shape index (κ2) is 11.6. The normalized spacial score (nSPS) is 11.3. The van der Waals surface area contributed by atoms with Gasteiger partial charge in [-0.1, -0.05) is 42.5 Å². The number of hydrogen-bond acceptors (Lipinski definition) is 5. The summed E-state index contributed by atoms with van der Waals surface area (Å²) in [5.74, 6) is 0.985. The van der Waals surface area contributed by atoms with E-state index in [4.69, 9.17) is 9.15 Å². The van der Waals surface area contributed by atoms with E-state index < -0.39 is 0 Å². The van der Waals surface area contributed by atoms with Crippen LogP contribution in [0.15, 0.2) is 76.9 Å². The average Bonchev–Trinajstić information content (AvgIpc) is 3.32. The summed E-state index contributed by atoms with van der Waals surface area (Å²) in [6.07, 6.45) is 5.96. The van der Waals surface area contributed by atoms with Gasteiger partial charge < -0.3 is 19.2 Å². The molecular weight excluding hydrogens is 394 g/mol.